The third-order valence-electron chi connectivity index (χ3n) is 6.95. The van der Waals surface area contributed by atoms with Gasteiger partial charge >= 0.3 is 8.43 Å². The monoisotopic (exact) mass is 517 g/mol. The lowest BCUT2D eigenvalue weighted by Gasteiger charge is -2.37. The summed E-state index contributed by atoms with van der Waals surface area (Å²) in [6.45, 7) is 23.2. The molecule has 5 nitrogen and oxygen atoms in total. The second-order valence-corrected chi connectivity index (χ2v) is 15.1. The van der Waals surface area contributed by atoms with Gasteiger partial charge in [-0.1, -0.05) is 48.0 Å². The third kappa shape index (κ3) is 9.86. The summed E-state index contributed by atoms with van der Waals surface area (Å²) in [4.78, 5) is 0. The van der Waals surface area contributed by atoms with Gasteiger partial charge in [0.05, 0.1) is 0 Å². The summed E-state index contributed by atoms with van der Waals surface area (Å²) >= 11 is 6.52. The summed E-state index contributed by atoms with van der Waals surface area (Å²) in [5.74, 6) is 0. The molecule has 0 saturated heterocycles. The van der Waals surface area contributed by atoms with Crippen molar-refractivity contribution < 1.29 is 0 Å². The maximum absolute atomic E-state index is 6.52. The molecule has 2 rings (SSSR count). The summed E-state index contributed by atoms with van der Waals surface area (Å²) in [7, 11) is -2.31. The van der Waals surface area contributed by atoms with Crippen LogP contribution in [-0.4, -0.2) is 66.5 Å². The van der Waals surface area contributed by atoms with Gasteiger partial charge < -0.3 is 24.0 Å². The largest absolute Gasteiger partial charge is 0.386 e. The average Bonchev–Trinajstić information content (AvgIpc) is 3.42. The van der Waals surface area contributed by atoms with Crippen molar-refractivity contribution in [3.05, 3.63) is 24.8 Å². The zero-order chi connectivity index (χ0) is 25.6. The molecule has 33 heavy (non-hydrogen) atoms. The second kappa shape index (κ2) is 17.7. The van der Waals surface area contributed by atoms with Gasteiger partial charge in [0, 0.05) is 49.0 Å². The standard InChI is InChI=1S/C13H28N2Si.C10H21ClN2Si.C2H7N/c1-6-11-16-14(12(4)7-2)9-10-15(16)13(5)8-3;1-5-9(3)12-7-8-13(14(12)11)10(4)6-2;1-2-3/h9-10,12-13,16H,6-8,11H2,1-5H3;7-10,14H,5-6H2,1-4H3;2-3H2,1H3. The van der Waals surface area contributed by atoms with Gasteiger partial charge in [-0.2, -0.15) is 0 Å². The van der Waals surface area contributed by atoms with Crippen molar-refractivity contribution in [1.82, 2.24) is 18.3 Å². The Labute approximate surface area is 215 Å². The fraction of sp³-hybridized carbons (Fsp3) is 0.840. The molecule has 0 saturated carbocycles. The van der Waals surface area contributed by atoms with E-state index in [0.29, 0.717) is 24.2 Å². The van der Waals surface area contributed by atoms with Crippen LogP contribution < -0.4 is 5.73 Å². The minimum Gasteiger partial charge on any atom is -0.386 e. The Morgan fingerprint density at radius 3 is 1.18 bits per heavy atom. The fourth-order valence-corrected chi connectivity index (χ4v) is 11.1. The first-order valence-electron chi connectivity index (χ1n) is 13.5. The van der Waals surface area contributed by atoms with Crippen molar-refractivity contribution in [3.63, 3.8) is 0 Å². The molecule has 4 unspecified atom stereocenters. The lowest BCUT2D eigenvalue weighted by molar-refractivity contribution is 0.380. The molecule has 0 aromatic heterocycles. The van der Waals surface area contributed by atoms with Crippen LogP contribution in [0, 0.1) is 0 Å². The van der Waals surface area contributed by atoms with E-state index in [1.165, 1.54) is 25.3 Å². The Balaban J connectivity index is 0.000000558. The fourth-order valence-electron chi connectivity index (χ4n) is 3.95. The smallest absolute Gasteiger partial charge is 0.349 e. The lowest BCUT2D eigenvalue weighted by Crippen LogP contribution is -2.49. The van der Waals surface area contributed by atoms with Gasteiger partial charge in [-0.25, -0.2) is 0 Å². The molecule has 0 radical (unpaired) electrons. The van der Waals surface area contributed by atoms with E-state index in [9.17, 15) is 0 Å². The number of rotatable bonds is 10. The number of nitrogens with zero attached hydrogens (tertiary/aromatic N) is 4. The van der Waals surface area contributed by atoms with Crippen LogP contribution in [0.15, 0.2) is 24.8 Å². The van der Waals surface area contributed by atoms with E-state index in [4.69, 9.17) is 16.8 Å². The van der Waals surface area contributed by atoms with Gasteiger partial charge in [-0.3, -0.25) is 0 Å². The van der Waals surface area contributed by atoms with Crippen molar-refractivity contribution >= 4 is 28.6 Å². The number of hydrogen-bond acceptors (Lipinski definition) is 5. The summed E-state index contributed by atoms with van der Waals surface area (Å²) in [5, 5.41) is 0. The Bertz CT molecular complexity index is 511. The van der Waals surface area contributed by atoms with Crippen LogP contribution in [0.2, 0.25) is 6.04 Å². The summed E-state index contributed by atoms with van der Waals surface area (Å²) in [6, 6.07) is 3.99. The van der Waals surface area contributed by atoms with Crippen molar-refractivity contribution in [1.29, 1.82) is 0 Å². The van der Waals surface area contributed by atoms with Crippen molar-refractivity contribution in [2.45, 2.75) is 132 Å². The van der Waals surface area contributed by atoms with E-state index < -0.39 is 17.5 Å². The molecule has 0 bridgehead atoms. The molecule has 0 fully saturated rings. The van der Waals surface area contributed by atoms with Crippen LogP contribution in [0.5, 0.6) is 0 Å². The summed E-state index contributed by atoms with van der Waals surface area (Å²) < 4.78 is 10.1. The minimum absolute atomic E-state index is 0.578. The van der Waals surface area contributed by atoms with Crippen LogP contribution >= 0.6 is 11.1 Å². The van der Waals surface area contributed by atoms with E-state index in [-0.39, 0.29) is 0 Å². The van der Waals surface area contributed by atoms with Gasteiger partial charge in [0.2, 0.25) is 9.12 Å². The molecular formula is C25H56ClN5Si2. The van der Waals surface area contributed by atoms with Crippen LogP contribution in [0.1, 0.15) is 101 Å². The first kappa shape index (κ1) is 32.4. The molecule has 0 aromatic rings. The van der Waals surface area contributed by atoms with Crippen LogP contribution in [0.4, 0.5) is 0 Å². The van der Waals surface area contributed by atoms with E-state index in [1.807, 2.05) is 6.92 Å². The molecule has 4 atom stereocenters. The quantitative estimate of drug-likeness (QED) is 0.288. The van der Waals surface area contributed by atoms with Gasteiger partial charge in [0.15, 0.2) is 0 Å². The topological polar surface area (TPSA) is 39.0 Å². The molecule has 8 heteroatoms. The van der Waals surface area contributed by atoms with Crippen molar-refractivity contribution in [2.75, 3.05) is 6.54 Å². The highest BCUT2D eigenvalue weighted by Crippen LogP contribution is 2.24. The van der Waals surface area contributed by atoms with Crippen LogP contribution in [-0.2, 0) is 0 Å². The highest BCUT2D eigenvalue weighted by molar-refractivity contribution is 7.04. The molecule has 0 aromatic carbocycles. The van der Waals surface area contributed by atoms with Gasteiger partial charge in [-0.05, 0) is 66.0 Å². The van der Waals surface area contributed by atoms with E-state index in [0.717, 1.165) is 19.4 Å². The Kier molecular flexibility index (Phi) is 17.4. The maximum atomic E-state index is 6.52. The van der Waals surface area contributed by atoms with Crippen molar-refractivity contribution in [2.24, 2.45) is 5.73 Å². The number of hydrogen-bond donors (Lipinski definition) is 1. The van der Waals surface area contributed by atoms with Gasteiger partial charge in [0.25, 0.3) is 0 Å². The molecule has 2 aliphatic heterocycles. The van der Waals surface area contributed by atoms with Gasteiger partial charge in [-0.15, -0.1) is 11.1 Å². The predicted octanol–water partition coefficient (Wildman–Crippen LogP) is 5.90. The molecule has 0 aliphatic carbocycles. The first-order chi connectivity index (χ1) is 15.7. The molecule has 0 spiro atoms. The molecule has 2 N–H and O–H groups in total. The number of nitrogens with two attached hydrogens (primary N) is 1. The van der Waals surface area contributed by atoms with E-state index in [1.54, 1.807) is 0 Å². The molecule has 0 amide bonds. The normalized spacial score (nSPS) is 23.0. The SMILES string of the molecule is CCC(C)N1C=CN(C(C)CC)[SiH]1Cl.CCC[SiH]1N(C(C)CC)C=CN1C(C)CC.CCN. The second-order valence-electron chi connectivity index (χ2n) is 9.40. The summed E-state index contributed by atoms with van der Waals surface area (Å²) in [5.41, 5.74) is 4.85. The minimum atomic E-state index is -1.40. The van der Waals surface area contributed by atoms with E-state index in [2.05, 4.69) is 105 Å². The lowest BCUT2D eigenvalue weighted by atomic mass is 10.3. The van der Waals surface area contributed by atoms with Crippen molar-refractivity contribution in [3.8, 4) is 0 Å². The first-order valence-corrected chi connectivity index (χ1v) is 18.1. The Hall–Kier alpha value is -0.636. The molecule has 2 aliphatic rings. The van der Waals surface area contributed by atoms with Crippen LogP contribution in [0.3, 0.4) is 0 Å². The average molecular weight is 518 g/mol. The van der Waals surface area contributed by atoms with Gasteiger partial charge in [0.1, 0.15) is 0 Å². The molecule has 196 valence electrons. The summed E-state index contributed by atoms with van der Waals surface area (Å²) in [6.07, 6.45) is 15.2. The third-order valence-corrected chi connectivity index (χ3v) is 14.5. The van der Waals surface area contributed by atoms with E-state index >= 15 is 0 Å². The highest BCUT2D eigenvalue weighted by Gasteiger charge is 2.33. The number of halogens is 1. The highest BCUT2D eigenvalue weighted by atomic mass is 35.6. The van der Waals surface area contributed by atoms with Crippen LogP contribution in [0.25, 0.3) is 0 Å². The maximum Gasteiger partial charge on any atom is 0.349 e. The Morgan fingerprint density at radius 1 is 0.636 bits per heavy atom. The molecular weight excluding hydrogens is 462 g/mol. The zero-order valence-electron chi connectivity index (χ0n) is 23.5. The predicted molar refractivity (Wildman–Crippen MR) is 155 cm³/mol. The zero-order valence-corrected chi connectivity index (χ0v) is 26.5. The Morgan fingerprint density at radius 2 is 0.909 bits per heavy atom. The molecule has 2 heterocycles.